The lowest BCUT2D eigenvalue weighted by molar-refractivity contribution is 0.102. The van der Waals surface area contributed by atoms with Gasteiger partial charge in [0.15, 0.2) is 5.82 Å². The summed E-state index contributed by atoms with van der Waals surface area (Å²) in [6.45, 7) is 8.30. The zero-order valence-electron chi connectivity index (χ0n) is 16.9. The highest BCUT2D eigenvalue weighted by Gasteiger charge is 2.15. The Kier molecular flexibility index (Phi) is 4.84. The normalized spacial score (nSPS) is 11.5. The molecular formula is C21H23N7O. The molecule has 0 aliphatic rings. The summed E-state index contributed by atoms with van der Waals surface area (Å²) in [6, 6.07) is 9.72. The first-order valence-electron chi connectivity index (χ1n) is 9.59. The van der Waals surface area contributed by atoms with Gasteiger partial charge in [-0.05, 0) is 52.0 Å². The summed E-state index contributed by atoms with van der Waals surface area (Å²) in [4.78, 5) is 21.6. The van der Waals surface area contributed by atoms with Crippen LogP contribution in [0.4, 0.5) is 5.82 Å². The smallest absolute Gasteiger partial charge is 0.275 e. The molecular weight excluding hydrogens is 366 g/mol. The lowest BCUT2D eigenvalue weighted by atomic mass is 10.2. The molecule has 0 bridgehead atoms. The highest BCUT2D eigenvalue weighted by atomic mass is 16.1. The Morgan fingerprint density at radius 2 is 1.86 bits per heavy atom. The van der Waals surface area contributed by atoms with Crippen molar-refractivity contribution < 1.29 is 4.79 Å². The standard InChI is InChI=1S/C21H23N7O/c1-13(2)27-9-8-15-11-22-17(10-18(15)27)21(29)25-19-7-5-6-16(24-19)20-26-23-12-28(20)14(3)4/h5-14H,1-4H3,(H,24,25,29). The molecule has 0 aromatic carbocycles. The van der Waals surface area contributed by atoms with Gasteiger partial charge < -0.3 is 14.5 Å². The third kappa shape index (κ3) is 3.61. The zero-order chi connectivity index (χ0) is 20.5. The van der Waals surface area contributed by atoms with Crippen LogP contribution in [-0.4, -0.2) is 35.2 Å². The van der Waals surface area contributed by atoms with Gasteiger partial charge in [-0.1, -0.05) is 6.07 Å². The molecule has 148 valence electrons. The first-order chi connectivity index (χ1) is 13.9. The van der Waals surface area contributed by atoms with E-state index < -0.39 is 0 Å². The van der Waals surface area contributed by atoms with E-state index >= 15 is 0 Å². The Morgan fingerprint density at radius 3 is 2.62 bits per heavy atom. The molecule has 8 heteroatoms. The summed E-state index contributed by atoms with van der Waals surface area (Å²) in [5.74, 6) is 0.788. The second-order valence-corrected chi connectivity index (χ2v) is 7.46. The number of carbonyl (C=O) groups is 1. The molecule has 4 aromatic heterocycles. The second kappa shape index (κ2) is 7.46. The molecule has 1 amide bonds. The summed E-state index contributed by atoms with van der Waals surface area (Å²) in [5, 5.41) is 12.0. The van der Waals surface area contributed by atoms with Gasteiger partial charge in [0.1, 0.15) is 23.5 Å². The van der Waals surface area contributed by atoms with Crippen LogP contribution in [0.5, 0.6) is 0 Å². The predicted octanol–water partition coefficient (Wildman–Crippen LogP) is 4.10. The minimum Gasteiger partial charge on any atom is -0.345 e. The number of hydrogen-bond acceptors (Lipinski definition) is 5. The van der Waals surface area contributed by atoms with Crippen molar-refractivity contribution in [3.63, 3.8) is 0 Å². The molecule has 1 N–H and O–H groups in total. The minimum atomic E-state index is -0.307. The monoisotopic (exact) mass is 389 g/mol. The lowest BCUT2D eigenvalue weighted by Gasteiger charge is -2.11. The summed E-state index contributed by atoms with van der Waals surface area (Å²) < 4.78 is 4.05. The van der Waals surface area contributed by atoms with Crippen molar-refractivity contribution in [2.75, 3.05) is 5.32 Å². The number of hydrogen-bond donors (Lipinski definition) is 1. The fraction of sp³-hybridized carbons (Fsp3) is 0.286. The average molecular weight is 389 g/mol. The fourth-order valence-corrected chi connectivity index (χ4v) is 3.24. The van der Waals surface area contributed by atoms with Gasteiger partial charge in [0.05, 0.1) is 5.52 Å². The number of anilines is 1. The molecule has 0 fully saturated rings. The number of pyridine rings is 2. The molecule has 0 spiro atoms. The van der Waals surface area contributed by atoms with Gasteiger partial charge in [0.2, 0.25) is 0 Å². The van der Waals surface area contributed by atoms with Crippen molar-refractivity contribution in [1.82, 2.24) is 29.3 Å². The van der Waals surface area contributed by atoms with Crippen molar-refractivity contribution in [3.05, 3.63) is 54.7 Å². The fourth-order valence-electron chi connectivity index (χ4n) is 3.24. The van der Waals surface area contributed by atoms with E-state index in [0.29, 0.717) is 29.1 Å². The summed E-state index contributed by atoms with van der Waals surface area (Å²) in [6.07, 6.45) is 5.41. The highest BCUT2D eigenvalue weighted by molar-refractivity contribution is 6.04. The minimum absolute atomic E-state index is 0.202. The van der Waals surface area contributed by atoms with E-state index in [9.17, 15) is 4.79 Å². The van der Waals surface area contributed by atoms with Crippen molar-refractivity contribution in [2.24, 2.45) is 0 Å². The molecule has 4 aromatic rings. The number of nitrogens with zero attached hydrogens (tertiary/aromatic N) is 6. The first-order valence-corrected chi connectivity index (χ1v) is 9.59. The van der Waals surface area contributed by atoms with Gasteiger partial charge in [-0.25, -0.2) is 4.98 Å². The number of aromatic nitrogens is 6. The molecule has 0 saturated carbocycles. The average Bonchev–Trinajstić information content (AvgIpc) is 3.35. The van der Waals surface area contributed by atoms with E-state index in [1.165, 1.54) is 0 Å². The topological polar surface area (TPSA) is 90.5 Å². The Balaban J connectivity index is 1.61. The Bertz CT molecular complexity index is 1170. The van der Waals surface area contributed by atoms with Crippen LogP contribution in [0.25, 0.3) is 22.4 Å². The molecule has 29 heavy (non-hydrogen) atoms. The van der Waals surface area contributed by atoms with Crippen molar-refractivity contribution in [2.45, 2.75) is 39.8 Å². The van der Waals surface area contributed by atoms with Gasteiger partial charge in [0.25, 0.3) is 5.91 Å². The van der Waals surface area contributed by atoms with E-state index in [2.05, 4.69) is 43.9 Å². The molecule has 0 radical (unpaired) electrons. The summed E-state index contributed by atoms with van der Waals surface area (Å²) >= 11 is 0. The summed E-state index contributed by atoms with van der Waals surface area (Å²) in [5.41, 5.74) is 1.97. The van der Waals surface area contributed by atoms with E-state index in [-0.39, 0.29) is 11.9 Å². The van der Waals surface area contributed by atoms with Gasteiger partial charge in [0, 0.05) is 29.9 Å². The van der Waals surface area contributed by atoms with Gasteiger partial charge >= 0.3 is 0 Å². The van der Waals surface area contributed by atoms with Crippen molar-refractivity contribution in [1.29, 1.82) is 0 Å². The lowest BCUT2D eigenvalue weighted by Crippen LogP contribution is -2.15. The van der Waals surface area contributed by atoms with Crippen LogP contribution in [-0.2, 0) is 0 Å². The maximum Gasteiger partial charge on any atom is 0.275 e. The van der Waals surface area contributed by atoms with Crippen LogP contribution in [0.1, 0.15) is 50.3 Å². The second-order valence-electron chi connectivity index (χ2n) is 7.46. The van der Waals surface area contributed by atoms with Crippen LogP contribution >= 0.6 is 0 Å². The third-order valence-corrected chi connectivity index (χ3v) is 4.74. The van der Waals surface area contributed by atoms with Gasteiger partial charge in [-0.15, -0.1) is 10.2 Å². The van der Waals surface area contributed by atoms with E-state index in [0.717, 1.165) is 10.9 Å². The Labute approximate surface area is 168 Å². The predicted molar refractivity (Wildman–Crippen MR) is 112 cm³/mol. The van der Waals surface area contributed by atoms with Gasteiger partial charge in [-0.2, -0.15) is 0 Å². The van der Waals surface area contributed by atoms with Crippen LogP contribution < -0.4 is 5.32 Å². The molecule has 4 rings (SSSR count). The number of fused-ring (bicyclic) bond motifs is 1. The van der Waals surface area contributed by atoms with E-state index in [1.807, 2.05) is 48.9 Å². The third-order valence-electron chi connectivity index (χ3n) is 4.74. The Morgan fingerprint density at radius 1 is 1.07 bits per heavy atom. The van der Waals surface area contributed by atoms with E-state index in [4.69, 9.17) is 0 Å². The molecule has 0 aliphatic carbocycles. The quantitative estimate of drug-likeness (QED) is 0.555. The van der Waals surface area contributed by atoms with E-state index in [1.54, 1.807) is 18.6 Å². The number of carbonyl (C=O) groups excluding carboxylic acids is 1. The molecule has 4 heterocycles. The number of rotatable bonds is 5. The van der Waals surface area contributed by atoms with Crippen molar-refractivity contribution in [3.8, 4) is 11.5 Å². The molecule has 8 nitrogen and oxygen atoms in total. The molecule has 0 atom stereocenters. The Hall–Kier alpha value is -3.55. The molecule has 0 unspecified atom stereocenters. The number of amides is 1. The first kappa shape index (κ1) is 18.8. The van der Waals surface area contributed by atoms with Crippen LogP contribution in [0.2, 0.25) is 0 Å². The van der Waals surface area contributed by atoms with Crippen LogP contribution in [0.15, 0.2) is 49.1 Å². The SMILES string of the molecule is CC(C)n1cnnc1-c1cccc(NC(=O)c2cc3c(ccn3C(C)C)cn2)n1. The van der Waals surface area contributed by atoms with Crippen LogP contribution in [0, 0.1) is 0 Å². The van der Waals surface area contributed by atoms with Crippen molar-refractivity contribution >= 4 is 22.6 Å². The largest absolute Gasteiger partial charge is 0.345 e. The van der Waals surface area contributed by atoms with Crippen LogP contribution in [0.3, 0.4) is 0 Å². The maximum absolute atomic E-state index is 12.8. The molecule has 0 saturated heterocycles. The highest BCUT2D eigenvalue weighted by Crippen LogP contribution is 2.22. The zero-order valence-corrected chi connectivity index (χ0v) is 16.9. The molecule has 0 aliphatic heterocycles. The summed E-state index contributed by atoms with van der Waals surface area (Å²) in [7, 11) is 0. The maximum atomic E-state index is 12.8. The number of nitrogens with one attached hydrogen (secondary N) is 1. The van der Waals surface area contributed by atoms with Gasteiger partial charge in [-0.3, -0.25) is 9.78 Å².